The molecule has 7 nitrogen and oxygen atoms in total. The number of halogens is 2. The standard InChI is InChI=1S/C32H25Cl2N3O4/c1-2-21-5-3-4-6-27(21)37-31(39)28(34)29(32(37)40)35-24-13-9-22(10-14-24)30(38)36-25-15-17-26(18-16-25)41-19-20-7-11-23(33)12-8-20/h3-18,35H,2,19H2,1H3,(H,36,38). The number of hydrogen-bond acceptors (Lipinski definition) is 5. The molecule has 4 aromatic rings. The number of ether oxygens (including phenoxy) is 1. The molecule has 0 atom stereocenters. The molecular weight excluding hydrogens is 561 g/mol. The topological polar surface area (TPSA) is 87.7 Å². The summed E-state index contributed by atoms with van der Waals surface area (Å²) in [6, 6.07) is 28.2. The number of imide groups is 1. The summed E-state index contributed by atoms with van der Waals surface area (Å²) in [7, 11) is 0. The van der Waals surface area contributed by atoms with Gasteiger partial charge in [0.15, 0.2) is 0 Å². The largest absolute Gasteiger partial charge is 0.489 e. The van der Waals surface area contributed by atoms with Crippen molar-refractivity contribution in [3.05, 3.63) is 130 Å². The highest BCUT2D eigenvalue weighted by Gasteiger charge is 2.39. The zero-order chi connectivity index (χ0) is 28.9. The molecule has 0 bridgehead atoms. The number of hydrogen-bond donors (Lipinski definition) is 2. The fourth-order valence-electron chi connectivity index (χ4n) is 4.29. The van der Waals surface area contributed by atoms with Crippen LogP contribution in [0.15, 0.2) is 108 Å². The van der Waals surface area contributed by atoms with Gasteiger partial charge in [-0.15, -0.1) is 0 Å². The van der Waals surface area contributed by atoms with Crippen LogP contribution in [0, 0.1) is 0 Å². The summed E-state index contributed by atoms with van der Waals surface area (Å²) >= 11 is 12.2. The molecule has 41 heavy (non-hydrogen) atoms. The predicted molar refractivity (Wildman–Crippen MR) is 161 cm³/mol. The summed E-state index contributed by atoms with van der Waals surface area (Å²) in [5, 5.41) is 6.26. The van der Waals surface area contributed by atoms with Crippen LogP contribution in [0.5, 0.6) is 5.75 Å². The lowest BCUT2D eigenvalue weighted by atomic mass is 10.1. The average Bonchev–Trinajstić information content (AvgIpc) is 3.20. The molecule has 0 radical (unpaired) electrons. The SMILES string of the molecule is CCc1ccccc1N1C(=O)C(Cl)=C(Nc2ccc(C(=O)Nc3ccc(OCc4ccc(Cl)cc4)cc3)cc2)C1=O. The Bertz CT molecular complexity index is 1630. The molecule has 1 aliphatic heterocycles. The quantitative estimate of drug-likeness (QED) is 0.203. The smallest absolute Gasteiger partial charge is 0.283 e. The van der Waals surface area contributed by atoms with E-state index in [-0.39, 0.29) is 16.6 Å². The first-order chi connectivity index (χ1) is 19.8. The molecule has 0 aliphatic carbocycles. The van der Waals surface area contributed by atoms with Gasteiger partial charge in [0.25, 0.3) is 17.7 Å². The Balaban J connectivity index is 1.19. The molecule has 0 saturated heterocycles. The molecule has 5 rings (SSSR count). The van der Waals surface area contributed by atoms with Crippen LogP contribution in [0.1, 0.15) is 28.4 Å². The van der Waals surface area contributed by atoms with Gasteiger partial charge in [-0.05, 0) is 84.3 Å². The Kier molecular flexibility index (Phi) is 8.38. The second kappa shape index (κ2) is 12.3. The minimum absolute atomic E-state index is 0.0156. The van der Waals surface area contributed by atoms with E-state index in [1.807, 2.05) is 43.3 Å². The summed E-state index contributed by atoms with van der Waals surface area (Å²) in [4.78, 5) is 39.9. The van der Waals surface area contributed by atoms with E-state index in [9.17, 15) is 14.4 Å². The highest BCUT2D eigenvalue weighted by Crippen LogP contribution is 2.32. The van der Waals surface area contributed by atoms with Crippen molar-refractivity contribution in [3.8, 4) is 5.75 Å². The van der Waals surface area contributed by atoms with Crippen molar-refractivity contribution in [1.82, 2.24) is 0 Å². The number of para-hydroxylation sites is 1. The number of anilines is 3. The molecule has 2 N–H and O–H groups in total. The van der Waals surface area contributed by atoms with Crippen molar-refractivity contribution < 1.29 is 19.1 Å². The number of carbonyl (C=O) groups excluding carboxylic acids is 3. The second-order valence-corrected chi connectivity index (χ2v) is 10.0. The fraction of sp³-hybridized carbons (Fsp3) is 0.0938. The molecule has 1 heterocycles. The summed E-state index contributed by atoms with van der Waals surface area (Å²) in [5.74, 6) is -0.767. The van der Waals surface area contributed by atoms with Crippen LogP contribution < -0.4 is 20.3 Å². The van der Waals surface area contributed by atoms with E-state index in [4.69, 9.17) is 27.9 Å². The summed E-state index contributed by atoms with van der Waals surface area (Å²) in [6.45, 7) is 2.35. The zero-order valence-corrected chi connectivity index (χ0v) is 23.5. The number of nitrogens with zero attached hydrogens (tertiary/aromatic N) is 1. The van der Waals surface area contributed by atoms with Gasteiger partial charge in [0, 0.05) is 22.0 Å². The van der Waals surface area contributed by atoms with Gasteiger partial charge in [-0.2, -0.15) is 0 Å². The lowest BCUT2D eigenvalue weighted by Gasteiger charge is -2.18. The minimum Gasteiger partial charge on any atom is -0.489 e. The molecule has 9 heteroatoms. The van der Waals surface area contributed by atoms with Crippen LogP contribution in [0.3, 0.4) is 0 Å². The Hall–Kier alpha value is -4.59. The normalized spacial score (nSPS) is 13.0. The second-order valence-electron chi connectivity index (χ2n) is 9.21. The summed E-state index contributed by atoms with van der Waals surface area (Å²) in [6.07, 6.45) is 0.652. The third-order valence-electron chi connectivity index (χ3n) is 6.49. The molecule has 0 saturated carbocycles. The maximum Gasteiger partial charge on any atom is 0.283 e. The van der Waals surface area contributed by atoms with Crippen LogP contribution >= 0.6 is 23.2 Å². The molecular formula is C32H25Cl2N3O4. The molecule has 0 aromatic heterocycles. The number of rotatable bonds is 9. The van der Waals surface area contributed by atoms with Gasteiger partial charge < -0.3 is 15.4 Å². The van der Waals surface area contributed by atoms with Gasteiger partial charge in [0.05, 0.1) is 5.69 Å². The predicted octanol–water partition coefficient (Wildman–Crippen LogP) is 7.17. The fourth-order valence-corrected chi connectivity index (χ4v) is 4.63. The van der Waals surface area contributed by atoms with E-state index in [1.54, 1.807) is 60.7 Å². The first-order valence-electron chi connectivity index (χ1n) is 12.9. The van der Waals surface area contributed by atoms with Crippen molar-refractivity contribution >= 4 is 58.0 Å². The number of carbonyl (C=O) groups is 3. The summed E-state index contributed by atoms with van der Waals surface area (Å²) < 4.78 is 5.79. The average molecular weight is 586 g/mol. The Morgan fingerprint density at radius 2 is 1.46 bits per heavy atom. The molecule has 0 fully saturated rings. The van der Waals surface area contributed by atoms with E-state index in [2.05, 4.69) is 10.6 Å². The Morgan fingerprint density at radius 1 is 0.805 bits per heavy atom. The molecule has 0 unspecified atom stereocenters. The maximum atomic E-state index is 13.1. The van der Waals surface area contributed by atoms with Gasteiger partial charge in [-0.1, -0.05) is 60.5 Å². The number of nitrogens with one attached hydrogen (secondary N) is 2. The lowest BCUT2D eigenvalue weighted by Crippen LogP contribution is -2.33. The van der Waals surface area contributed by atoms with E-state index in [1.165, 1.54) is 0 Å². The summed E-state index contributed by atoms with van der Waals surface area (Å²) in [5.41, 5.74) is 3.86. The van der Waals surface area contributed by atoms with Gasteiger partial charge >= 0.3 is 0 Å². The monoisotopic (exact) mass is 585 g/mol. The first-order valence-corrected chi connectivity index (χ1v) is 13.6. The van der Waals surface area contributed by atoms with E-state index in [0.717, 1.165) is 16.0 Å². The maximum absolute atomic E-state index is 13.1. The zero-order valence-electron chi connectivity index (χ0n) is 22.0. The van der Waals surface area contributed by atoms with Crippen LogP contribution in [0.2, 0.25) is 5.02 Å². The van der Waals surface area contributed by atoms with Crippen LogP contribution in [0.4, 0.5) is 17.1 Å². The van der Waals surface area contributed by atoms with Crippen molar-refractivity contribution in [2.75, 3.05) is 15.5 Å². The number of benzene rings is 4. The van der Waals surface area contributed by atoms with Crippen LogP contribution in [0.25, 0.3) is 0 Å². The molecule has 206 valence electrons. The third-order valence-corrected chi connectivity index (χ3v) is 7.09. The Morgan fingerprint density at radius 3 is 2.15 bits per heavy atom. The lowest BCUT2D eigenvalue weighted by molar-refractivity contribution is -0.120. The van der Waals surface area contributed by atoms with E-state index in [0.29, 0.717) is 46.4 Å². The van der Waals surface area contributed by atoms with E-state index >= 15 is 0 Å². The van der Waals surface area contributed by atoms with Gasteiger partial charge in [-0.3, -0.25) is 14.4 Å². The van der Waals surface area contributed by atoms with E-state index < -0.39 is 11.8 Å². The van der Waals surface area contributed by atoms with Crippen molar-refractivity contribution in [2.24, 2.45) is 0 Å². The molecule has 4 aromatic carbocycles. The Labute approximate surface area is 247 Å². The molecule has 0 spiro atoms. The van der Waals surface area contributed by atoms with Gasteiger partial charge in [0.1, 0.15) is 23.1 Å². The van der Waals surface area contributed by atoms with Gasteiger partial charge in [-0.25, -0.2) is 4.90 Å². The van der Waals surface area contributed by atoms with Crippen LogP contribution in [-0.2, 0) is 22.6 Å². The van der Waals surface area contributed by atoms with Crippen molar-refractivity contribution in [3.63, 3.8) is 0 Å². The highest BCUT2D eigenvalue weighted by atomic mass is 35.5. The molecule has 3 amide bonds. The van der Waals surface area contributed by atoms with Crippen molar-refractivity contribution in [1.29, 1.82) is 0 Å². The molecule has 1 aliphatic rings. The minimum atomic E-state index is -0.586. The van der Waals surface area contributed by atoms with Crippen molar-refractivity contribution in [2.45, 2.75) is 20.0 Å². The number of aryl methyl sites for hydroxylation is 1. The van der Waals surface area contributed by atoms with Crippen LogP contribution in [-0.4, -0.2) is 17.7 Å². The third kappa shape index (κ3) is 6.27. The van der Waals surface area contributed by atoms with Gasteiger partial charge in [0.2, 0.25) is 0 Å². The number of amides is 3. The highest BCUT2D eigenvalue weighted by molar-refractivity contribution is 6.53. The first kappa shape index (κ1) is 28.0.